The molecule has 2 aliphatic rings. The summed E-state index contributed by atoms with van der Waals surface area (Å²) < 4.78 is 27.5. The molecule has 0 bridgehead atoms. The lowest BCUT2D eigenvalue weighted by atomic mass is 9.65. The van der Waals surface area contributed by atoms with Crippen molar-refractivity contribution >= 4 is 5.91 Å². The molecular weight excluding hydrogens is 224 g/mol. The van der Waals surface area contributed by atoms with Crippen LogP contribution in [-0.2, 0) is 4.79 Å². The highest BCUT2D eigenvalue weighted by Crippen LogP contribution is 2.44. The average molecular weight is 245 g/mol. The molecule has 2 fully saturated rings. The van der Waals surface area contributed by atoms with Crippen molar-refractivity contribution in [2.24, 2.45) is 23.7 Å². The first-order valence-electron chi connectivity index (χ1n) is 6.45. The second-order valence-electron chi connectivity index (χ2n) is 5.90. The maximum absolute atomic E-state index is 14.1. The summed E-state index contributed by atoms with van der Waals surface area (Å²) in [6.07, 6.45) is -2.14. The Balaban J connectivity index is 2.26. The number of amides is 1. The lowest BCUT2D eigenvalue weighted by Crippen LogP contribution is -2.55. The van der Waals surface area contributed by atoms with E-state index in [4.69, 9.17) is 0 Å². The fourth-order valence-corrected chi connectivity index (χ4v) is 3.48. The fraction of sp³-hybridized carbons (Fsp3) is 0.923. The van der Waals surface area contributed by atoms with Gasteiger partial charge in [-0.3, -0.25) is 4.79 Å². The van der Waals surface area contributed by atoms with Crippen LogP contribution in [0.2, 0.25) is 0 Å². The number of halogens is 2. The molecule has 1 aliphatic heterocycles. The molecule has 1 amide bonds. The van der Waals surface area contributed by atoms with E-state index in [9.17, 15) is 13.6 Å². The smallest absolute Gasteiger partial charge is 0.225 e. The van der Waals surface area contributed by atoms with Crippen molar-refractivity contribution in [2.75, 3.05) is 13.6 Å². The Hall–Kier alpha value is -0.670. The van der Waals surface area contributed by atoms with E-state index in [1.165, 1.54) is 0 Å². The van der Waals surface area contributed by atoms with Gasteiger partial charge in [-0.2, -0.15) is 0 Å². The first kappa shape index (κ1) is 12.8. The highest BCUT2D eigenvalue weighted by molar-refractivity contribution is 5.80. The summed E-state index contributed by atoms with van der Waals surface area (Å²) in [5, 5.41) is 0. The maximum Gasteiger partial charge on any atom is 0.225 e. The van der Waals surface area contributed by atoms with Crippen molar-refractivity contribution in [1.82, 2.24) is 4.90 Å². The van der Waals surface area contributed by atoms with Gasteiger partial charge in [0, 0.05) is 31.8 Å². The molecule has 17 heavy (non-hydrogen) atoms. The van der Waals surface area contributed by atoms with Gasteiger partial charge in [0.05, 0.1) is 0 Å². The number of carbonyl (C=O) groups excluding carboxylic acids is 1. The SMILES string of the molecule is CC(C)C1CN(C)C(=O)C2CC(F)CC(F)C21. The summed E-state index contributed by atoms with van der Waals surface area (Å²) in [5.74, 6) is -0.305. The van der Waals surface area contributed by atoms with Crippen LogP contribution in [0.4, 0.5) is 8.78 Å². The Bertz CT molecular complexity index is 308. The van der Waals surface area contributed by atoms with Crippen molar-refractivity contribution in [3.8, 4) is 0 Å². The minimum atomic E-state index is -1.16. The molecule has 4 heteroatoms. The minimum Gasteiger partial charge on any atom is -0.345 e. The monoisotopic (exact) mass is 245 g/mol. The predicted molar refractivity (Wildman–Crippen MR) is 62.0 cm³/mol. The van der Waals surface area contributed by atoms with Crippen LogP contribution < -0.4 is 0 Å². The summed E-state index contributed by atoms with van der Waals surface area (Å²) in [6, 6.07) is 0. The first-order chi connectivity index (χ1) is 7.91. The van der Waals surface area contributed by atoms with Crippen LogP contribution in [0.1, 0.15) is 26.7 Å². The third kappa shape index (κ3) is 2.18. The summed E-state index contributed by atoms with van der Waals surface area (Å²) in [4.78, 5) is 13.7. The molecule has 5 atom stereocenters. The zero-order chi connectivity index (χ0) is 12.7. The van der Waals surface area contributed by atoms with Crippen LogP contribution in [0.3, 0.4) is 0 Å². The number of carbonyl (C=O) groups is 1. The van der Waals surface area contributed by atoms with Crippen LogP contribution in [0, 0.1) is 23.7 Å². The van der Waals surface area contributed by atoms with Gasteiger partial charge < -0.3 is 4.90 Å². The number of likely N-dealkylation sites (tertiary alicyclic amines) is 1. The normalized spacial score (nSPS) is 42.8. The molecule has 1 saturated carbocycles. The van der Waals surface area contributed by atoms with E-state index in [-0.39, 0.29) is 30.6 Å². The van der Waals surface area contributed by atoms with Crippen LogP contribution >= 0.6 is 0 Å². The van der Waals surface area contributed by atoms with E-state index < -0.39 is 18.3 Å². The van der Waals surface area contributed by atoms with E-state index in [2.05, 4.69) is 13.8 Å². The number of piperidine rings is 1. The quantitative estimate of drug-likeness (QED) is 0.695. The molecule has 0 radical (unpaired) electrons. The molecular formula is C13H21F2NO. The van der Waals surface area contributed by atoms with Gasteiger partial charge >= 0.3 is 0 Å². The molecule has 1 aliphatic carbocycles. The predicted octanol–water partition coefficient (Wildman–Crippen LogP) is 2.43. The van der Waals surface area contributed by atoms with Crippen molar-refractivity contribution in [3.63, 3.8) is 0 Å². The van der Waals surface area contributed by atoms with Gasteiger partial charge in [-0.25, -0.2) is 8.78 Å². The Kier molecular flexibility index (Phi) is 3.41. The summed E-state index contributed by atoms with van der Waals surface area (Å²) in [7, 11) is 1.74. The second-order valence-corrected chi connectivity index (χ2v) is 5.90. The second kappa shape index (κ2) is 4.54. The lowest BCUT2D eigenvalue weighted by Gasteiger charge is -2.47. The third-order valence-corrected chi connectivity index (χ3v) is 4.40. The van der Waals surface area contributed by atoms with Crippen LogP contribution in [0.5, 0.6) is 0 Å². The molecule has 0 aromatic heterocycles. The van der Waals surface area contributed by atoms with Crippen molar-refractivity contribution in [3.05, 3.63) is 0 Å². The zero-order valence-corrected chi connectivity index (χ0v) is 10.7. The van der Waals surface area contributed by atoms with Gasteiger partial charge in [-0.1, -0.05) is 13.8 Å². The number of rotatable bonds is 1. The molecule has 0 aromatic rings. The molecule has 1 saturated heterocycles. The van der Waals surface area contributed by atoms with Crippen LogP contribution in [0.25, 0.3) is 0 Å². The highest BCUT2D eigenvalue weighted by Gasteiger charge is 2.50. The standard InChI is InChI=1S/C13H21F2NO/c1-7(2)10-6-16(3)13(17)9-4-8(14)5-11(15)12(9)10/h7-12H,4-6H2,1-3H3. The van der Waals surface area contributed by atoms with Crippen molar-refractivity contribution in [2.45, 2.75) is 39.0 Å². The number of fused-ring (bicyclic) bond motifs is 1. The molecule has 0 spiro atoms. The maximum atomic E-state index is 14.1. The summed E-state index contributed by atoms with van der Waals surface area (Å²) >= 11 is 0. The minimum absolute atomic E-state index is 0.0264. The summed E-state index contributed by atoms with van der Waals surface area (Å²) in [6.45, 7) is 4.72. The van der Waals surface area contributed by atoms with Gasteiger partial charge in [0.25, 0.3) is 0 Å². The molecule has 0 N–H and O–H groups in total. The number of alkyl halides is 2. The van der Waals surface area contributed by atoms with Crippen molar-refractivity contribution in [1.29, 1.82) is 0 Å². The largest absolute Gasteiger partial charge is 0.345 e. The highest BCUT2D eigenvalue weighted by atomic mass is 19.1. The topological polar surface area (TPSA) is 20.3 Å². The Labute approximate surface area is 101 Å². The zero-order valence-electron chi connectivity index (χ0n) is 10.7. The lowest BCUT2D eigenvalue weighted by molar-refractivity contribution is -0.151. The average Bonchev–Trinajstić information content (AvgIpc) is 2.23. The van der Waals surface area contributed by atoms with Gasteiger partial charge in [0.1, 0.15) is 12.3 Å². The van der Waals surface area contributed by atoms with E-state index >= 15 is 0 Å². The summed E-state index contributed by atoms with van der Waals surface area (Å²) in [5.41, 5.74) is 0. The van der Waals surface area contributed by atoms with Crippen LogP contribution in [0.15, 0.2) is 0 Å². The Morgan fingerprint density at radius 2 is 1.94 bits per heavy atom. The van der Waals surface area contributed by atoms with E-state index in [0.717, 1.165) is 0 Å². The van der Waals surface area contributed by atoms with Gasteiger partial charge in [0.2, 0.25) is 5.91 Å². The molecule has 0 aromatic carbocycles. The molecule has 98 valence electrons. The molecule has 2 rings (SSSR count). The van der Waals surface area contributed by atoms with E-state index in [1.54, 1.807) is 11.9 Å². The van der Waals surface area contributed by atoms with Gasteiger partial charge in [-0.05, 0) is 18.3 Å². The number of nitrogens with zero attached hydrogens (tertiary/aromatic N) is 1. The van der Waals surface area contributed by atoms with E-state index in [0.29, 0.717) is 12.5 Å². The molecule has 1 heterocycles. The van der Waals surface area contributed by atoms with Crippen molar-refractivity contribution < 1.29 is 13.6 Å². The molecule has 5 unspecified atom stereocenters. The Morgan fingerprint density at radius 3 is 2.53 bits per heavy atom. The molecule has 2 nitrogen and oxygen atoms in total. The third-order valence-electron chi connectivity index (χ3n) is 4.40. The fourth-order valence-electron chi connectivity index (χ4n) is 3.48. The van der Waals surface area contributed by atoms with Gasteiger partial charge in [0.15, 0.2) is 0 Å². The van der Waals surface area contributed by atoms with Crippen LogP contribution in [-0.4, -0.2) is 36.7 Å². The number of hydrogen-bond donors (Lipinski definition) is 0. The number of hydrogen-bond acceptors (Lipinski definition) is 1. The van der Waals surface area contributed by atoms with Gasteiger partial charge in [-0.15, -0.1) is 0 Å². The first-order valence-corrected chi connectivity index (χ1v) is 6.45. The Morgan fingerprint density at radius 1 is 1.29 bits per heavy atom. The van der Waals surface area contributed by atoms with E-state index in [1.807, 2.05) is 0 Å².